The molecule has 1 unspecified atom stereocenters. The number of rotatable bonds is 6. The van der Waals surface area contributed by atoms with Crippen LogP contribution in [-0.4, -0.2) is 66.4 Å². The molecule has 0 bridgehead atoms. The fourth-order valence-electron chi connectivity index (χ4n) is 4.60. The summed E-state index contributed by atoms with van der Waals surface area (Å²) in [7, 11) is 3.72. The average molecular weight is 519 g/mol. The minimum Gasteiger partial charge on any atom is -0.495 e. The molecule has 2 amide bonds. The largest absolute Gasteiger partial charge is 0.495 e. The van der Waals surface area contributed by atoms with Gasteiger partial charge in [-0.05, 0) is 55.9 Å². The number of carbonyl (C=O) groups excluding carboxylic acids is 1. The molecule has 192 valence electrons. The Kier molecular flexibility index (Phi) is 7.48. The minimum absolute atomic E-state index is 0.283. The molecule has 9 heteroatoms. The molecule has 3 aromatic rings. The first-order valence-corrected chi connectivity index (χ1v) is 12.8. The Morgan fingerprint density at radius 3 is 2.57 bits per heavy atom. The highest BCUT2D eigenvalue weighted by atomic mass is 35.5. The molecule has 1 aliphatic carbocycles. The number of benzene rings is 2. The van der Waals surface area contributed by atoms with Gasteiger partial charge in [0.1, 0.15) is 5.75 Å². The molecule has 1 fully saturated rings. The molecule has 2 heterocycles. The van der Waals surface area contributed by atoms with Crippen LogP contribution in [0.1, 0.15) is 18.0 Å². The third-order valence-electron chi connectivity index (χ3n) is 6.79. The number of nitrogens with zero attached hydrogens (tertiary/aromatic N) is 3. The van der Waals surface area contributed by atoms with E-state index in [2.05, 4.69) is 62.0 Å². The zero-order valence-electron chi connectivity index (χ0n) is 21.0. The highest BCUT2D eigenvalue weighted by Crippen LogP contribution is 2.30. The van der Waals surface area contributed by atoms with Crippen molar-refractivity contribution in [2.24, 2.45) is 0 Å². The van der Waals surface area contributed by atoms with E-state index in [1.165, 1.54) is 5.70 Å². The van der Waals surface area contributed by atoms with Gasteiger partial charge < -0.3 is 25.2 Å². The van der Waals surface area contributed by atoms with Gasteiger partial charge >= 0.3 is 6.03 Å². The lowest BCUT2D eigenvalue weighted by atomic mass is 9.95. The van der Waals surface area contributed by atoms with Gasteiger partial charge in [0.2, 0.25) is 0 Å². The molecular formula is C28H31ClN6O2. The van der Waals surface area contributed by atoms with E-state index >= 15 is 0 Å². The SMILES string of the molecule is COc1ccc(Cl)cc1NC(=O)Nc1ccc(-c2cc(C3C=CC(N4CCN(C)CC4)=CC3)[nH]n2)cc1. The van der Waals surface area contributed by atoms with E-state index in [4.69, 9.17) is 16.3 Å². The molecule has 1 saturated heterocycles. The Labute approximate surface area is 221 Å². The number of piperazine rings is 1. The second-order valence-corrected chi connectivity index (χ2v) is 9.77. The summed E-state index contributed by atoms with van der Waals surface area (Å²) in [6.07, 6.45) is 7.80. The number of halogens is 1. The van der Waals surface area contributed by atoms with E-state index in [9.17, 15) is 4.79 Å². The van der Waals surface area contributed by atoms with Gasteiger partial charge in [-0.15, -0.1) is 0 Å². The van der Waals surface area contributed by atoms with Crippen LogP contribution in [0.2, 0.25) is 5.02 Å². The van der Waals surface area contributed by atoms with Gasteiger partial charge in [0.15, 0.2) is 0 Å². The van der Waals surface area contributed by atoms with E-state index in [1.807, 2.05) is 24.3 Å². The van der Waals surface area contributed by atoms with Crippen LogP contribution < -0.4 is 15.4 Å². The standard InChI is InChI=1S/C28H31ClN6O2/c1-34-13-15-35(16-14-34)23-10-5-20(6-11-23)25-18-24(32-33-25)19-3-8-22(9-4-19)30-28(36)31-26-17-21(29)7-12-27(26)37-2/h3-5,7-12,17-18,20H,6,13-16H2,1-2H3,(H,32,33)(H2,30,31,36). The lowest BCUT2D eigenvalue weighted by Crippen LogP contribution is -2.43. The normalized spacial score (nSPS) is 17.9. The molecule has 2 aromatic carbocycles. The number of anilines is 2. The van der Waals surface area contributed by atoms with Gasteiger partial charge in [-0.2, -0.15) is 5.10 Å². The fraction of sp³-hybridized carbons (Fsp3) is 0.286. The number of likely N-dealkylation sites (N-methyl/N-ethyl adjacent to an activating group) is 1. The second kappa shape index (κ2) is 11.1. The molecule has 0 spiro atoms. The highest BCUT2D eigenvalue weighted by molar-refractivity contribution is 6.31. The predicted molar refractivity (Wildman–Crippen MR) is 148 cm³/mol. The Balaban J connectivity index is 1.18. The number of H-pyrrole nitrogens is 1. The van der Waals surface area contributed by atoms with Gasteiger partial charge in [-0.25, -0.2) is 4.79 Å². The number of ether oxygens (including phenoxy) is 1. The number of hydrogen-bond donors (Lipinski definition) is 3. The first-order chi connectivity index (χ1) is 18.0. The first kappa shape index (κ1) is 24.9. The monoisotopic (exact) mass is 518 g/mol. The molecule has 1 aromatic heterocycles. The maximum Gasteiger partial charge on any atom is 0.323 e. The predicted octanol–water partition coefficient (Wildman–Crippen LogP) is 5.56. The Morgan fingerprint density at radius 1 is 1.08 bits per heavy atom. The lowest BCUT2D eigenvalue weighted by Gasteiger charge is -2.35. The van der Waals surface area contributed by atoms with Crippen molar-refractivity contribution in [1.82, 2.24) is 20.0 Å². The quantitative estimate of drug-likeness (QED) is 0.398. The van der Waals surface area contributed by atoms with Crippen molar-refractivity contribution < 1.29 is 9.53 Å². The number of nitrogens with one attached hydrogen (secondary N) is 3. The number of allylic oxidation sites excluding steroid dienone is 3. The summed E-state index contributed by atoms with van der Waals surface area (Å²) in [5.41, 5.74) is 5.42. The van der Waals surface area contributed by atoms with E-state index in [0.29, 0.717) is 22.1 Å². The van der Waals surface area contributed by atoms with Crippen molar-refractivity contribution in [1.29, 1.82) is 0 Å². The van der Waals surface area contributed by atoms with Crippen molar-refractivity contribution in [2.75, 3.05) is 51.0 Å². The van der Waals surface area contributed by atoms with Crippen LogP contribution in [0.3, 0.4) is 0 Å². The molecule has 3 N–H and O–H groups in total. The van der Waals surface area contributed by atoms with Gasteiger partial charge in [-0.3, -0.25) is 5.10 Å². The zero-order valence-corrected chi connectivity index (χ0v) is 21.8. The van der Waals surface area contributed by atoms with E-state index in [0.717, 1.165) is 49.6 Å². The summed E-state index contributed by atoms with van der Waals surface area (Å²) in [6.45, 7) is 4.36. The van der Waals surface area contributed by atoms with Crippen LogP contribution in [0.4, 0.5) is 16.2 Å². The van der Waals surface area contributed by atoms with Crippen molar-refractivity contribution in [3.05, 3.63) is 83.2 Å². The Bertz CT molecular complexity index is 1310. The van der Waals surface area contributed by atoms with Crippen LogP contribution in [0.5, 0.6) is 5.75 Å². The van der Waals surface area contributed by atoms with E-state index in [-0.39, 0.29) is 11.9 Å². The van der Waals surface area contributed by atoms with Gasteiger partial charge in [0.25, 0.3) is 0 Å². The average Bonchev–Trinajstić information content (AvgIpc) is 3.40. The maximum absolute atomic E-state index is 12.5. The number of urea groups is 1. The number of carbonyl (C=O) groups is 1. The molecule has 8 nitrogen and oxygen atoms in total. The number of hydrogen-bond acceptors (Lipinski definition) is 5. The van der Waals surface area contributed by atoms with Gasteiger partial charge in [-0.1, -0.05) is 35.9 Å². The highest BCUT2D eigenvalue weighted by Gasteiger charge is 2.19. The molecule has 1 atom stereocenters. The van der Waals surface area contributed by atoms with E-state index < -0.39 is 0 Å². The summed E-state index contributed by atoms with van der Waals surface area (Å²) >= 11 is 6.04. The van der Waals surface area contributed by atoms with Gasteiger partial charge in [0.05, 0.1) is 18.5 Å². The Hall–Kier alpha value is -3.75. The summed E-state index contributed by atoms with van der Waals surface area (Å²) in [5, 5.41) is 13.9. The molecule has 2 aliphatic rings. The van der Waals surface area contributed by atoms with Crippen molar-refractivity contribution in [2.45, 2.75) is 12.3 Å². The van der Waals surface area contributed by atoms with E-state index in [1.54, 1.807) is 25.3 Å². The summed E-state index contributed by atoms with van der Waals surface area (Å²) in [4.78, 5) is 17.3. The number of methoxy groups -OCH3 is 1. The number of aromatic amines is 1. The minimum atomic E-state index is -0.386. The molecule has 1 aliphatic heterocycles. The molecular weight excluding hydrogens is 488 g/mol. The van der Waals surface area contributed by atoms with Crippen molar-refractivity contribution >= 4 is 29.0 Å². The topological polar surface area (TPSA) is 85.5 Å². The smallest absolute Gasteiger partial charge is 0.323 e. The van der Waals surface area contributed by atoms with Crippen LogP contribution in [0.25, 0.3) is 11.3 Å². The molecule has 0 saturated carbocycles. The Morgan fingerprint density at radius 2 is 1.86 bits per heavy atom. The number of amides is 2. The first-order valence-electron chi connectivity index (χ1n) is 12.4. The third-order valence-corrected chi connectivity index (χ3v) is 7.03. The zero-order chi connectivity index (χ0) is 25.8. The lowest BCUT2D eigenvalue weighted by molar-refractivity contribution is 0.189. The summed E-state index contributed by atoms with van der Waals surface area (Å²) in [5.74, 6) is 0.814. The van der Waals surface area contributed by atoms with Crippen molar-refractivity contribution in [3.8, 4) is 17.0 Å². The van der Waals surface area contributed by atoms with Crippen molar-refractivity contribution in [3.63, 3.8) is 0 Å². The third kappa shape index (κ3) is 5.98. The van der Waals surface area contributed by atoms with Crippen LogP contribution >= 0.6 is 11.6 Å². The number of aromatic nitrogens is 2. The fourth-order valence-corrected chi connectivity index (χ4v) is 4.77. The summed E-state index contributed by atoms with van der Waals surface area (Å²) < 4.78 is 5.28. The second-order valence-electron chi connectivity index (χ2n) is 9.33. The molecule has 37 heavy (non-hydrogen) atoms. The van der Waals surface area contributed by atoms with Crippen LogP contribution in [0, 0.1) is 0 Å². The maximum atomic E-state index is 12.5. The van der Waals surface area contributed by atoms with Gasteiger partial charge in [0, 0.05) is 59.8 Å². The van der Waals surface area contributed by atoms with Crippen LogP contribution in [0.15, 0.2) is 72.5 Å². The molecule has 5 rings (SSSR count). The van der Waals surface area contributed by atoms with Crippen LogP contribution in [-0.2, 0) is 0 Å². The summed E-state index contributed by atoms with van der Waals surface area (Å²) in [6, 6.07) is 14.4. The molecule has 0 radical (unpaired) electrons.